The van der Waals surface area contributed by atoms with E-state index in [4.69, 9.17) is 4.74 Å². The number of anilines is 1. The topological polar surface area (TPSA) is 67.4 Å². The molecule has 2 aliphatic rings. The van der Waals surface area contributed by atoms with Crippen molar-refractivity contribution >= 4 is 30.0 Å². The van der Waals surface area contributed by atoms with Crippen molar-refractivity contribution in [3.05, 3.63) is 29.8 Å². The average Bonchev–Trinajstić information content (AvgIpc) is 2.99. The lowest BCUT2D eigenvalue weighted by molar-refractivity contribution is -0.128. The molecule has 1 aliphatic carbocycles. The van der Waals surface area contributed by atoms with Gasteiger partial charge in [0.1, 0.15) is 0 Å². The molecule has 6 heteroatoms. The molecule has 5 nitrogen and oxygen atoms in total. The summed E-state index contributed by atoms with van der Waals surface area (Å²) < 4.78 is 4.72. The van der Waals surface area contributed by atoms with Gasteiger partial charge in [0, 0.05) is 12.2 Å². The van der Waals surface area contributed by atoms with Crippen LogP contribution >= 0.6 is 12.4 Å². The second kappa shape index (κ2) is 7.32. The van der Waals surface area contributed by atoms with Crippen molar-refractivity contribution in [3.8, 4) is 0 Å². The summed E-state index contributed by atoms with van der Waals surface area (Å²) in [4.78, 5) is 24.4. The normalized spacial score (nSPS) is 25.9. The van der Waals surface area contributed by atoms with Crippen LogP contribution in [-0.4, -0.2) is 32.1 Å². The number of amides is 1. The molecule has 1 heterocycles. The minimum absolute atomic E-state index is 0. The monoisotopic (exact) mass is 338 g/mol. The molecule has 3 rings (SSSR count). The van der Waals surface area contributed by atoms with Crippen molar-refractivity contribution in [1.29, 1.82) is 0 Å². The molecule has 1 aromatic rings. The Hall–Kier alpha value is -1.59. The number of nitrogens with one attached hydrogen (secondary N) is 2. The SMILES string of the molecule is COC(=O)c1cccc(NC(=O)[C@@]23CCCC[C@H]2CNC3)c1.Cl. The number of hydrogen-bond acceptors (Lipinski definition) is 4. The number of rotatable bonds is 3. The van der Waals surface area contributed by atoms with Crippen LogP contribution < -0.4 is 10.6 Å². The molecule has 1 aromatic carbocycles. The maximum Gasteiger partial charge on any atom is 0.337 e. The summed E-state index contributed by atoms with van der Waals surface area (Å²) in [7, 11) is 1.35. The van der Waals surface area contributed by atoms with Crippen LogP contribution in [0.15, 0.2) is 24.3 Å². The lowest BCUT2D eigenvalue weighted by atomic mass is 9.67. The van der Waals surface area contributed by atoms with Crippen LogP contribution in [0.1, 0.15) is 36.0 Å². The molecular formula is C17H23ClN2O3. The van der Waals surface area contributed by atoms with E-state index in [1.54, 1.807) is 24.3 Å². The van der Waals surface area contributed by atoms with E-state index >= 15 is 0 Å². The minimum Gasteiger partial charge on any atom is -0.465 e. The second-order valence-corrected chi connectivity index (χ2v) is 6.26. The number of hydrogen-bond donors (Lipinski definition) is 2. The molecule has 2 N–H and O–H groups in total. The fourth-order valence-electron chi connectivity index (χ4n) is 3.79. The molecule has 2 fully saturated rings. The Labute approximate surface area is 142 Å². The number of esters is 1. The van der Waals surface area contributed by atoms with Gasteiger partial charge in [-0.25, -0.2) is 4.79 Å². The number of fused-ring (bicyclic) bond motifs is 1. The molecule has 126 valence electrons. The van der Waals surface area contributed by atoms with Gasteiger partial charge >= 0.3 is 5.97 Å². The van der Waals surface area contributed by atoms with Gasteiger partial charge in [0.15, 0.2) is 0 Å². The summed E-state index contributed by atoms with van der Waals surface area (Å²) in [6, 6.07) is 6.91. The second-order valence-electron chi connectivity index (χ2n) is 6.26. The van der Waals surface area contributed by atoms with Crippen LogP contribution in [0.4, 0.5) is 5.69 Å². The Morgan fingerprint density at radius 2 is 2.17 bits per heavy atom. The minimum atomic E-state index is -0.396. The zero-order valence-electron chi connectivity index (χ0n) is 13.3. The van der Waals surface area contributed by atoms with E-state index < -0.39 is 5.97 Å². The summed E-state index contributed by atoms with van der Waals surface area (Å²) in [5.41, 5.74) is 0.806. The number of halogens is 1. The van der Waals surface area contributed by atoms with Gasteiger partial charge in [0.05, 0.1) is 18.1 Å². The van der Waals surface area contributed by atoms with Crippen molar-refractivity contribution < 1.29 is 14.3 Å². The van der Waals surface area contributed by atoms with Gasteiger partial charge < -0.3 is 15.4 Å². The largest absolute Gasteiger partial charge is 0.465 e. The molecule has 0 aromatic heterocycles. The molecule has 1 saturated heterocycles. The van der Waals surface area contributed by atoms with Crippen molar-refractivity contribution in [1.82, 2.24) is 5.32 Å². The van der Waals surface area contributed by atoms with Gasteiger partial charge in [-0.1, -0.05) is 18.9 Å². The number of ether oxygens (including phenoxy) is 1. The standard InChI is InChI=1S/C17H22N2O3.ClH/c1-22-15(20)12-5-4-7-14(9-12)19-16(21)17-8-3-2-6-13(17)10-18-11-17;/h4-5,7,9,13,18H,2-3,6,8,10-11H2,1H3,(H,19,21);1H/t13-,17+;/m0./s1. The average molecular weight is 339 g/mol. The molecular weight excluding hydrogens is 316 g/mol. The maximum atomic E-state index is 12.9. The van der Waals surface area contributed by atoms with E-state index in [0.29, 0.717) is 17.2 Å². The van der Waals surface area contributed by atoms with Crippen LogP contribution in [-0.2, 0) is 9.53 Å². The predicted octanol–water partition coefficient (Wildman–Crippen LogP) is 2.61. The van der Waals surface area contributed by atoms with Crippen LogP contribution in [0, 0.1) is 11.3 Å². The van der Waals surface area contributed by atoms with Crippen molar-refractivity contribution in [2.45, 2.75) is 25.7 Å². The van der Waals surface area contributed by atoms with Crippen molar-refractivity contribution in [2.24, 2.45) is 11.3 Å². The number of carbonyl (C=O) groups excluding carboxylic acids is 2. The van der Waals surface area contributed by atoms with Crippen molar-refractivity contribution in [2.75, 3.05) is 25.5 Å². The number of benzene rings is 1. The summed E-state index contributed by atoms with van der Waals surface area (Å²) >= 11 is 0. The first-order valence-corrected chi connectivity index (χ1v) is 7.86. The van der Waals surface area contributed by atoms with Crippen LogP contribution in [0.25, 0.3) is 0 Å². The number of carbonyl (C=O) groups is 2. The smallest absolute Gasteiger partial charge is 0.337 e. The first-order valence-electron chi connectivity index (χ1n) is 7.86. The van der Waals surface area contributed by atoms with E-state index in [9.17, 15) is 9.59 Å². The lowest BCUT2D eigenvalue weighted by Crippen LogP contribution is -2.44. The van der Waals surface area contributed by atoms with Gasteiger partial charge in [-0.15, -0.1) is 12.4 Å². The number of methoxy groups -OCH3 is 1. The highest BCUT2D eigenvalue weighted by molar-refractivity contribution is 5.98. The highest BCUT2D eigenvalue weighted by Crippen LogP contribution is 2.44. The third-order valence-corrected chi connectivity index (χ3v) is 5.03. The Bertz CT molecular complexity index is 593. The fraction of sp³-hybridized carbons (Fsp3) is 0.529. The molecule has 0 radical (unpaired) electrons. The third-order valence-electron chi connectivity index (χ3n) is 5.03. The Kier molecular flexibility index (Phi) is 5.65. The summed E-state index contributed by atoms with van der Waals surface area (Å²) in [5.74, 6) is 0.0987. The molecule has 0 unspecified atom stereocenters. The molecule has 1 saturated carbocycles. The molecule has 0 bridgehead atoms. The van der Waals surface area contributed by atoms with Crippen molar-refractivity contribution in [3.63, 3.8) is 0 Å². The Morgan fingerprint density at radius 3 is 2.96 bits per heavy atom. The maximum absolute atomic E-state index is 12.9. The zero-order chi connectivity index (χ0) is 15.6. The highest BCUT2D eigenvalue weighted by Gasteiger charge is 2.49. The molecule has 2 atom stereocenters. The summed E-state index contributed by atoms with van der Waals surface area (Å²) in [6.45, 7) is 1.68. The first-order chi connectivity index (χ1) is 10.7. The van der Waals surface area contributed by atoms with E-state index in [2.05, 4.69) is 10.6 Å². The predicted molar refractivity (Wildman–Crippen MR) is 90.9 cm³/mol. The fourth-order valence-corrected chi connectivity index (χ4v) is 3.79. The Balaban J connectivity index is 0.00000192. The van der Waals surface area contributed by atoms with Gasteiger partial charge in [0.2, 0.25) is 5.91 Å². The van der Waals surface area contributed by atoms with E-state index in [1.165, 1.54) is 13.5 Å². The van der Waals surface area contributed by atoms with Crippen LogP contribution in [0.5, 0.6) is 0 Å². The first kappa shape index (κ1) is 17.8. The highest BCUT2D eigenvalue weighted by atomic mass is 35.5. The summed E-state index contributed by atoms with van der Waals surface area (Å²) in [6.07, 6.45) is 4.36. The lowest BCUT2D eigenvalue weighted by Gasteiger charge is -2.37. The Morgan fingerprint density at radius 1 is 1.35 bits per heavy atom. The quantitative estimate of drug-likeness (QED) is 0.831. The molecule has 23 heavy (non-hydrogen) atoms. The molecule has 0 spiro atoms. The van der Waals surface area contributed by atoms with E-state index in [-0.39, 0.29) is 23.7 Å². The van der Waals surface area contributed by atoms with Gasteiger partial charge in [-0.2, -0.15) is 0 Å². The summed E-state index contributed by atoms with van der Waals surface area (Å²) in [5, 5.41) is 6.38. The van der Waals surface area contributed by atoms with E-state index in [0.717, 1.165) is 32.4 Å². The van der Waals surface area contributed by atoms with Crippen LogP contribution in [0.2, 0.25) is 0 Å². The van der Waals surface area contributed by atoms with Gasteiger partial charge in [-0.3, -0.25) is 4.79 Å². The van der Waals surface area contributed by atoms with Crippen LogP contribution in [0.3, 0.4) is 0 Å². The zero-order valence-corrected chi connectivity index (χ0v) is 14.1. The third kappa shape index (κ3) is 3.35. The molecule has 1 amide bonds. The van der Waals surface area contributed by atoms with E-state index in [1.807, 2.05) is 0 Å². The molecule has 1 aliphatic heterocycles. The van der Waals surface area contributed by atoms with Gasteiger partial charge in [-0.05, 0) is 43.5 Å². The van der Waals surface area contributed by atoms with Gasteiger partial charge in [0.25, 0.3) is 0 Å².